The van der Waals surface area contributed by atoms with E-state index in [2.05, 4.69) is 11.9 Å². The monoisotopic (exact) mass is 568 g/mol. The first-order chi connectivity index (χ1) is 20.0. The van der Waals surface area contributed by atoms with Gasteiger partial charge in [-0.25, -0.2) is 0 Å². The minimum absolute atomic E-state index is 0.0840. The number of benzene rings is 2. The molecule has 1 aromatic heterocycles. The van der Waals surface area contributed by atoms with Crippen molar-refractivity contribution in [2.24, 2.45) is 17.8 Å². The summed E-state index contributed by atoms with van der Waals surface area (Å²) in [6.07, 6.45) is 7.56. The molecule has 0 bridgehead atoms. The summed E-state index contributed by atoms with van der Waals surface area (Å²) in [5, 5.41) is 10.3. The van der Waals surface area contributed by atoms with Crippen molar-refractivity contribution in [2.75, 3.05) is 11.5 Å². The molecule has 1 aliphatic carbocycles. The minimum Gasteiger partial charge on any atom is -0.508 e. The number of imide groups is 1. The molecule has 3 heterocycles. The first-order valence-electron chi connectivity index (χ1n) is 14.3. The van der Waals surface area contributed by atoms with Gasteiger partial charge in [0.05, 0.1) is 41.0 Å². The van der Waals surface area contributed by atoms with Crippen molar-refractivity contribution in [3.05, 3.63) is 100 Å². The van der Waals surface area contributed by atoms with E-state index in [1.54, 1.807) is 18.3 Å². The Morgan fingerprint density at radius 1 is 1.07 bits per heavy atom. The molecule has 7 heteroatoms. The van der Waals surface area contributed by atoms with Gasteiger partial charge in [0.25, 0.3) is 0 Å². The summed E-state index contributed by atoms with van der Waals surface area (Å²) in [7, 11) is 0. The highest BCUT2D eigenvalue weighted by atomic mass is 35.5. The predicted octanol–water partition coefficient (Wildman–Crippen LogP) is 7.08. The largest absolute Gasteiger partial charge is 0.508 e. The summed E-state index contributed by atoms with van der Waals surface area (Å²) in [4.78, 5) is 33.3. The van der Waals surface area contributed by atoms with Gasteiger partial charge in [0.2, 0.25) is 11.8 Å². The number of hydrogen-bond donors (Lipinski definition) is 1. The lowest BCUT2D eigenvalue weighted by molar-refractivity contribution is -0.122. The molecule has 210 valence electrons. The Kier molecular flexibility index (Phi) is 7.78. The number of rotatable bonds is 8. The van der Waals surface area contributed by atoms with Gasteiger partial charge < -0.3 is 9.84 Å². The molecule has 0 saturated carbocycles. The number of allylic oxidation sites excluding steroid dienone is 2. The number of halogens is 1. The maximum atomic E-state index is 13.8. The second-order valence-corrected chi connectivity index (χ2v) is 11.5. The summed E-state index contributed by atoms with van der Waals surface area (Å²) >= 11 is 6.45. The van der Waals surface area contributed by atoms with Crippen LogP contribution in [0.2, 0.25) is 5.02 Å². The molecule has 2 saturated heterocycles. The number of aromatic nitrogens is 1. The Hall–Kier alpha value is -3.74. The molecule has 3 aromatic rings. The number of para-hydroxylation sites is 1. The van der Waals surface area contributed by atoms with Crippen LogP contribution in [0.15, 0.2) is 84.1 Å². The van der Waals surface area contributed by atoms with Gasteiger partial charge in [-0.1, -0.05) is 54.8 Å². The molecule has 6 rings (SSSR count). The van der Waals surface area contributed by atoms with Crippen LogP contribution in [-0.2, 0) is 14.3 Å². The number of pyridine rings is 1. The topological polar surface area (TPSA) is 79.7 Å². The standard InChI is InChI=1S/C34H33ClN2O4/c1-2-8-23-18-26-32(34(40)37(33(26)39)24-9-4-3-5-10-24)27-20-41-30(31(23)27)15-13-22(29-11-6-7-16-36-29)17-21-12-14-25(38)19-28(21)35/h3-7,9-12,14,16-17,19,26-27,30,32,38H,2,8,13,15,18,20H2,1H3/b22-17-/t26-,27+,30-,32-/m1/s1. The van der Waals surface area contributed by atoms with Crippen molar-refractivity contribution in [2.45, 2.75) is 45.1 Å². The third kappa shape index (κ3) is 5.22. The van der Waals surface area contributed by atoms with Gasteiger partial charge in [-0.3, -0.25) is 19.5 Å². The maximum Gasteiger partial charge on any atom is 0.238 e. The van der Waals surface area contributed by atoms with Gasteiger partial charge in [0.15, 0.2) is 0 Å². The fourth-order valence-corrected chi connectivity index (χ4v) is 7.01. The molecule has 0 radical (unpaired) electrons. The Bertz CT molecular complexity index is 1520. The van der Waals surface area contributed by atoms with Crippen LogP contribution in [0.3, 0.4) is 0 Å². The Morgan fingerprint density at radius 2 is 1.88 bits per heavy atom. The number of carbonyl (C=O) groups is 2. The number of phenols is 1. The van der Waals surface area contributed by atoms with Crippen LogP contribution >= 0.6 is 11.6 Å². The van der Waals surface area contributed by atoms with E-state index < -0.39 is 0 Å². The highest BCUT2D eigenvalue weighted by Crippen LogP contribution is 2.51. The number of nitrogens with zero attached hydrogens (tertiary/aromatic N) is 2. The highest BCUT2D eigenvalue weighted by molar-refractivity contribution is 6.32. The van der Waals surface area contributed by atoms with Crippen molar-refractivity contribution >= 4 is 40.8 Å². The van der Waals surface area contributed by atoms with Gasteiger partial charge in [0.1, 0.15) is 5.75 Å². The zero-order valence-corrected chi connectivity index (χ0v) is 23.8. The van der Waals surface area contributed by atoms with E-state index in [4.69, 9.17) is 16.3 Å². The van der Waals surface area contributed by atoms with Crippen LogP contribution in [0.4, 0.5) is 5.69 Å². The van der Waals surface area contributed by atoms with Crippen molar-refractivity contribution in [1.29, 1.82) is 0 Å². The summed E-state index contributed by atoms with van der Waals surface area (Å²) in [6.45, 7) is 2.60. The number of carbonyl (C=O) groups excluding carboxylic acids is 2. The number of fused-ring (bicyclic) bond motifs is 3. The Balaban J connectivity index is 1.29. The predicted molar refractivity (Wildman–Crippen MR) is 160 cm³/mol. The zero-order valence-electron chi connectivity index (χ0n) is 23.0. The number of hydrogen-bond acceptors (Lipinski definition) is 5. The van der Waals surface area contributed by atoms with Crippen molar-refractivity contribution in [3.63, 3.8) is 0 Å². The average molecular weight is 569 g/mol. The Morgan fingerprint density at radius 3 is 2.61 bits per heavy atom. The van der Waals surface area contributed by atoms with E-state index in [9.17, 15) is 14.7 Å². The SMILES string of the molecule is CCCC1=C2[C@@H](CC/C(=C/c3ccc(O)cc3Cl)c3ccccn3)OC[C@@H]2[C@@H]2C(=O)N(c3ccccc3)C(=O)[C@@H]2C1. The number of anilines is 1. The summed E-state index contributed by atoms with van der Waals surface area (Å²) in [5.41, 5.74) is 5.82. The van der Waals surface area contributed by atoms with Gasteiger partial charge in [-0.15, -0.1) is 0 Å². The minimum atomic E-state index is -0.384. The van der Waals surface area contributed by atoms with E-state index in [1.165, 1.54) is 22.1 Å². The lowest BCUT2D eigenvalue weighted by Crippen LogP contribution is -2.34. The van der Waals surface area contributed by atoms with Crippen molar-refractivity contribution in [3.8, 4) is 5.75 Å². The van der Waals surface area contributed by atoms with Gasteiger partial charge >= 0.3 is 0 Å². The lowest BCUT2D eigenvalue weighted by atomic mass is 9.68. The number of ether oxygens (including phenoxy) is 1. The fraction of sp³-hybridized carbons (Fsp3) is 0.324. The van der Waals surface area contributed by atoms with Crippen LogP contribution in [0.1, 0.15) is 50.3 Å². The Labute approximate surface area is 245 Å². The smallest absolute Gasteiger partial charge is 0.238 e. The fourth-order valence-electron chi connectivity index (χ4n) is 6.78. The first kappa shape index (κ1) is 27.4. The molecule has 1 N–H and O–H groups in total. The number of aromatic hydroxyl groups is 1. The van der Waals surface area contributed by atoms with Crippen LogP contribution in [-0.4, -0.2) is 34.6 Å². The molecule has 3 aliphatic rings. The van der Waals surface area contributed by atoms with Crippen molar-refractivity contribution < 1.29 is 19.4 Å². The second-order valence-electron chi connectivity index (χ2n) is 11.1. The molecule has 2 amide bonds. The molecule has 2 aliphatic heterocycles. The van der Waals surface area contributed by atoms with E-state index in [0.717, 1.165) is 36.1 Å². The molecule has 6 nitrogen and oxygen atoms in total. The summed E-state index contributed by atoms with van der Waals surface area (Å²) in [6, 6.07) is 20.0. The van der Waals surface area contributed by atoms with E-state index >= 15 is 0 Å². The summed E-state index contributed by atoms with van der Waals surface area (Å²) in [5.74, 6) is -0.878. The summed E-state index contributed by atoms with van der Waals surface area (Å²) < 4.78 is 6.44. The lowest BCUT2D eigenvalue weighted by Gasteiger charge is -2.32. The first-order valence-corrected chi connectivity index (χ1v) is 14.7. The number of phenolic OH excluding ortho intramolecular Hbond substituents is 1. The van der Waals surface area contributed by atoms with E-state index in [0.29, 0.717) is 30.2 Å². The molecule has 0 unspecified atom stereocenters. The molecule has 2 fully saturated rings. The molecular weight excluding hydrogens is 536 g/mol. The van der Waals surface area contributed by atoms with Crippen molar-refractivity contribution in [1.82, 2.24) is 4.98 Å². The zero-order chi connectivity index (χ0) is 28.5. The van der Waals surface area contributed by atoms with Gasteiger partial charge in [0, 0.05) is 12.1 Å². The normalized spacial score (nSPS) is 24.1. The highest BCUT2D eigenvalue weighted by Gasteiger charge is 2.57. The van der Waals surface area contributed by atoms with Crippen LogP contribution < -0.4 is 4.90 Å². The number of amides is 2. The molecule has 41 heavy (non-hydrogen) atoms. The maximum absolute atomic E-state index is 13.8. The van der Waals surface area contributed by atoms with E-state index in [-0.39, 0.29) is 41.4 Å². The van der Waals surface area contributed by atoms with Crippen LogP contribution in [0, 0.1) is 17.8 Å². The molecule has 0 spiro atoms. The van der Waals surface area contributed by atoms with Gasteiger partial charge in [-0.05, 0) is 90.9 Å². The average Bonchev–Trinajstić information content (AvgIpc) is 3.51. The quantitative estimate of drug-likeness (QED) is 0.232. The third-order valence-corrected chi connectivity index (χ3v) is 8.89. The van der Waals surface area contributed by atoms with Crippen LogP contribution in [0.25, 0.3) is 11.6 Å². The molecular formula is C34H33ClN2O4. The second kappa shape index (κ2) is 11.6. The third-order valence-electron chi connectivity index (χ3n) is 8.56. The van der Waals surface area contributed by atoms with E-state index in [1.807, 2.05) is 54.6 Å². The molecule has 4 atom stereocenters. The van der Waals surface area contributed by atoms with Gasteiger partial charge in [-0.2, -0.15) is 0 Å². The van der Waals surface area contributed by atoms with Crippen LogP contribution in [0.5, 0.6) is 5.75 Å². The molecule has 2 aromatic carbocycles.